The van der Waals surface area contributed by atoms with Crippen LogP contribution in [-0.4, -0.2) is 23.3 Å². The maximum Gasteiger partial charge on any atom is 0.318 e. The molecule has 2 heterocycles. The van der Waals surface area contributed by atoms with Gasteiger partial charge in [0, 0.05) is 38.7 Å². The van der Waals surface area contributed by atoms with Crippen LogP contribution in [0.1, 0.15) is 53.3 Å². The number of ketones is 1. The van der Waals surface area contributed by atoms with Gasteiger partial charge in [-0.1, -0.05) is 94.9 Å². The van der Waals surface area contributed by atoms with E-state index in [-0.39, 0.29) is 11.8 Å². The van der Waals surface area contributed by atoms with E-state index in [0.29, 0.717) is 26.6 Å². The number of halogens is 4. The normalized spacial score (nSPS) is 25.0. The van der Waals surface area contributed by atoms with Crippen LogP contribution < -0.4 is 10.6 Å². The van der Waals surface area contributed by atoms with Gasteiger partial charge in [0.15, 0.2) is 0 Å². The molecule has 9 heteroatoms. The number of Topliss-reactive ketones (excluding diaryl/α,β-unsaturated/α-hetero) is 1. The molecule has 2 N–H and O–H groups in total. The predicted octanol–water partition coefficient (Wildman–Crippen LogP) is 9.01. The Balaban J connectivity index is 1.62. The SMILES string of the molecule is CCNC(=O)N1C(c2ccc(Cl)cc2)C2C(=O)C(C(c3ccc(Cl)cc3)NC2c2ccc(Cl)cc2)C1c1ccc(Cl)cc1. The van der Waals surface area contributed by atoms with E-state index in [4.69, 9.17) is 46.4 Å². The lowest BCUT2D eigenvalue weighted by atomic mass is 9.63. The number of likely N-dealkylation sites (tertiary alicyclic amines) is 1. The monoisotopic (exact) mass is 651 g/mol. The summed E-state index contributed by atoms with van der Waals surface area (Å²) in [6.45, 7) is 2.32. The number of piperidine rings is 2. The number of nitrogens with zero attached hydrogens (tertiary/aromatic N) is 1. The first kappa shape index (κ1) is 30.0. The zero-order chi connectivity index (χ0) is 30.2. The topological polar surface area (TPSA) is 61.4 Å². The number of carbonyl (C=O) groups is 2. The molecule has 0 radical (unpaired) electrons. The Hall–Kier alpha value is -3.06. The van der Waals surface area contributed by atoms with Crippen molar-refractivity contribution in [1.82, 2.24) is 15.5 Å². The Morgan fingerprint density at radius 2 is 0.953 bits per heavy atom. The number of fused-ring (bicyclic) bond motifs is 2. The number of hydrogen-bond acceptors (Lipinski definition) is 3. The zero-order valence-electron chi connectivity index (χ0n) is 23.2. The number of rotatable bonds is 5. The summed E-state index contributed by atoms with van der Waals surface area (Å²) in [5.74, 6) is -1.15. The molecule has 4 aromatic rings. The molecule has 2 aliphatic rings. The van der Waals surface area contributed by atoms with Gasteiger partial charge in [-0.3, -0.25) is 4.79 Å². The van der Waals surface area contributed by atoms with Crippen molar-refractivity contribution in [2.75, 3.05) is 6.54 Å². The first-order chi connectivity index (χ1) is 20.8. The number of nitrogens with one attached hydrogen (secondary N) is 2. The van der Waals surface area contributed by atoms with E-state index in [0.717, 1.165) is 22.3 Å². The molecule has 2 fully saturated rings. The Morgan fingerprint density at radius 3 is 1.28 bits per heavy atom. The molecular weight excluding hydrogens is 624 g/mol. The lowest BCUT2D eigenvalue weighted by molar-refractivity contribution is -0.146. The molecule has 2 bridgehead atoms. The van der Waals surface area contributed by atoms with E-state index in [1.165, 1.54) is 0 Å². The van der Waals surface area contributed by atoms with Gasteiger partial charge in [-0.05, 0) is 77.7 Å². The summed E-state index contributed by atoms with van der Waals surface area (Å²) in [4.78, 5) is 31.1. The molecule has 2 saturated heterocycles. The standard InChI is InChI=1S/C34H29Cl4N3O2/c1-2-39-34(43)41-31(21-7-15-25(37)16-8-21)27-29(19-3-11-23(35)12-4-19)40-30(20-5-13-24(36)14-6-20)28(33(27)42)32(41)22-9-17-26(38)18-10-22/h3-18,27-32,40H,2H2,1H3,(H,39,43). The largest absolute Gasteiger partial charge is 0.338 e. The van der Waals surface area contributed by atoms with Crippen molar-refractivity contribution >= 4 is 58.2 Å². The lowest BCUT2D eigenvalue weighted by Crippen LogP contribution is -2.63. The first-order valence-electron chi connectivity index (χ1n) is 14.1. The van der Waals surface area contributed by atoms with Gasteiger partial charge in [0.25, 0.3) is 0 Å². The van der Waals surface area contributed by atoms with Gasteiger partial charge in [0.2, 0.25) is 0 Å². The highest BCUT2D eigenvalue weighted by Crippen LogP contribution is 2.56. The summed E-state index contributed by atoms with van der Waals surface area (Å²) < 4.78 is 0. The van der Waals surface area contributed by atoms with Crippen LogP contribution in [0.25, 0.3) is 0 Å². The number of urea groups is 1. The summed E-state index contributed by atoms with van der Waals surface area (Å²) in [5, 5.41) is 9.23. The molecule has 2 amide bonds. The van der Waals surface area contributed by atoms with Crippen molar-refractivity contribution in [2.45, 2.75) is 31.1 Å². The Bertz CT molecular complexity index is 1500. The van der Waals surface area contributed by atoms with Gasteiger partial charge in [0.1, 0.15) is 5.78 Å². The molecule has 2 aliphatic heterocycles. The van der Waals surface area contributed by atoms with Gasteiger partial charge < -0.3 is 15.5 Å². The van der Waals surface area contributed by atoms with Crippen LogP contribution in [0.5, 0.6) is 0 Å². The molecule has 0 saturated carbocycles. The Morgan fingerprint density at radius 1 is 0.628 bits per heavy atom. The van der Waals surface area contributed by atoms with Crippen molar-refractivity contribution in [3.63, 3.8) is 0 Å². The molecule has 5 nitrogen and oxygen atoms in total. The minimum atomic E-state index is -0.609. The molecule has 4 aromatic carbocycles. The molecule has 6 atom stereocenters. The third-order valence-electron chi connectivity index (χ3n) is 8.46. The molecule has 6 rings (SSSR count). The second-order valence-corrected chi connectivity index (χ2v) is 12.7. The fourth-order valence-electron chi connectivity index (χ4n) is 6.64. The summed E-state index contributed by atoms with van der Waals surface area (Å²) in [7, 11) is 0. The van der Waals surface area contributed by atoms with E-state index in [2.05, 4.69) is 10.6 Å². The maximum atomic E-state index is 15.0. The van der Waals surface area contributed by atoms with Crippen LogP contribution in [0, 0.1) is 11.8 Å². The van der Waals surface area contributed by atoms with Crippen LogP contribution in [0.4, 0.5) is 4.79 Å². The van der Waals surface area contributed by atoms with E-state index < -0.39 is 36.0 Å². The summed E-state index contributed by atoms with van der Waals surface area (Å²) in [5.41, 5.74) is 3.44. The highest BCUT2D eigenvalue weighted by atomic mass is 35.5. The Kier molecular flexibility index (Phi) is 8.72. The molecule has 0 spiro atoms. The average molecular weight is 653 g/mol. The fraction of sp³-hybridized carbons (Fsp3) is 0.235. The highest BCUT2D eigenvalue weighted by molar-refractivity contribution is 6.31. The summed E-state index contributed by atoms with van der Waals surface area (Å²) >= 11 is 25.2. The fourth-order valence-corrected chi connectivity index (χ4v) is 7.15. The smallest absolute Gasteiger partial charge is 0.318 e. The van der Waals surface area contributed by atoms with Gasteiger partial charge in [-0.15, -0.1) is 0 Å². The summed E-state index contributed by atoms with van der Waals surface area (Å²) in [6.07, 6.45) is 0. The second-order valence-electron chi connectivity index (χ2n) is 10.9. The quantitative estimate of drug-likeness (QED) is 0.226. The highest BCUT2D eigenvalue weighted by Gasteiger charge is 2.59. The number of carbonyl (C=O) groups excluding carboxylic acids is 2. The van der Waals surface area contributed by atoms with Gasteiger partial charge in [0.05, 0.1) is 23.9 Å². The van der Waals surface area contributed by atoms with Crippen LogP contribution in [0.15, 0.2) is 97.1 Å². The van der Waals surface area contributed by atoms with Crippen molar-refractivity contribution in [3.8, 4) is 0 Å². The number of benzene rings is 4. The predicted molar refractivity (Wildman–Crippen MR) is 173 cm³/mol. The van der Waals surface area contributed by atoms with E-state index in [9.17, 15) is 4.79 Å². The van der Waals surface area contributed by atoms with Gasteiger partial charge in [-0.2, -0.15) is 0 Å². The molecule has 6 unspecified atom stereocenters. The van der Waals surface area contributed by atoms with Gasteiger partial charge in [-0.25, -0.2) is 4.79 Å². The molecule has 220 valence electrons. The molecule has 0 aliphatic carbocycles. The van der Waals surface area contributed by atoms with Gasteiger partial charge >= 0.3 is 6.03 Å². The number of amides is 2. The first-order valence-corrected chi connectivity index (χ1v) is 15.7. The maximum absolute atomic E-state index is 15.0. The van der Waals surface area contributed by atoms with Crippen LogP contribution >= 0.6 is 46.4 Å². The van der Waals surface area contributed by atoms with E-state index in [1.807, 2.05) is 84.6 Å². The van der Waals surface area contributed by atoms with Crippen molar-refractivity contribution in [2.24, 2.45) is 11.8 Å². The second kappa shape index (κ2) is 12.5. The van der Waals surface area contributed by atoms with Crippen LogP contribution in [0.2, 0.25) is 20.1 Å². The Labute approximate surface area is 271 Å². The van der Waals surface area contributed by atoms with Crippen molar-refractivity contribution in [3.05, 3.63) is 139 Å². The van der Waals surface area contributed by atoms with Crippen molar-refractivity contribution in [1.29, 1.82) is 0 Å². The van der Waals surface area contributed by atoms with Crippen LogP contribution in [-0.2, 0) is 4.79 Å². The van der Waals surface area contributed by atoms with E-state index in [1.54, 1.807) is 24.3 Å². The lowest BCUT2D eigenvalue weighted by Gasteiger charge is -2.57. The minimum absolute atomic E-state index is 0.0686. The number of hydrogen-bond donors (Lipinski definition) is 2. The average Bonchev–Trinajstić information content (AvgIpc) is 2.99. The molecular formula is C34H29Cl4N3O2. The molecule has 0 aromatic heterocycles. The minimum Gasteiger partial charge on any atom is -0.338 e. The van der Waals surface area contributed by atoms with Crippen molar-refractivity contribution < 1.29 is 9.59 Å². The van der Waals surface area contributed by atoms with Crippen LogP contribution in [0.3, 0.4) is 0 Å². The van der Waals surface area contributed by atoms with E-state index >= 15 is 4.79 Å². The zero-order valence-corrected chi connectivity index (χ0v) is 26.2. The third-order valence-corrected chi connectivity index (χ3v) is 9.47. The molecule has 43 heavy (non-hydrogen) atoms. The summed E-state index contributed by atoms with van der Waals surface area (Å²) in [6, 6.07) is 27.5. The third kappa shape index (κ3) is 5.77.